The van der Waals surface area contributed by atoms with E-state index >= 15 is 0 Å². The third-order valence-electron chi connectivity index (χ3n) is 6.48. The average molecular weight is 421 g/mol. The van der Waals surface area contributed by atoms with Crippen molar-refractivity contribution in [2.45, 2.75) is 95.4 Å². The van der Waals surface area contributed by atoms with Crippen molar-refractivity contribution in [3.8, 4) is 0 Å². The Balaban J connectivity index is 2.32. The second kappa shape index (κ2) is 8.69. The van der Waals surface area contributed by atoms with Crippen LogP contribution < -0.4 is 0 Å². The molecule has 1 rings (SSSR count). The van der Waals surface area contributed by atoms with Crippen LogP contribution in [0.2, 0.25) is 0 Å². The fourth-order valence-electron chi connectivity index (χ4n) is 3.94. The predicted octanol–water partition coefficient (Wildman–Crippen LogP) is 6.54. The van der Waals surface area contributed by atoms with Crippen molar-refractivity contribution in [2.24, 2.45) is 17.3 Å². The Morgan fingerprint density at radius 2 is 1.82 bits per heavy atom. The Morgan fingerprint density at radius 1 is 1.23 bits per heavy atom. The van der Waals surface area contributed by atoms with Gasteiger partial charge in [0.05, 0.1) is 0 Å². The maximum Gasteiger partial charge on any atom is 0.0210 e. The SMILES string of the molecule is CCC[C@H](C)[C@](C)(CC(I)CCCC[C@@H]1CC1(C)C)N(C)C. The molecule has 4 atom stereocenters. The molecular weight excluding hydrogens is 381 g/mol. The van der Waals surface area contributed by atoms with Crippen molar-refractivity contribution in [2.75, 3.05) is 14.1 Å². The molecule has 1 saturated carbocycles. The van der Waals surface area contributed by atoms with Gasteiger partial charge in [0.2, 0.25) is 0 Å². The molecule has 2 heteroatoms. The Bertz CT molecular complexity index is 326. The van der Waals surface area contributed by atoms with Crippen molar-refractivity contribution in [3.63, 3.8) is 0 Å². The van der Waals surface area contributed by atoms with Gasteiger partial charge >= 0.3 is 0 Å². The summed E-state index contributed by atoms with van der Waals surface area (Å²) in [6.07, 6.45) is 11.2. The van der Waals surface area contributed by atoms with Crippen molar-refractivity contribution in [3.05, 3.63) is 0 Å². The summed E-state index contributed by atoms with van der Waals surface area (Å²) in [6.45, 7) is 12.1. The molecule has 0 spiro atoms. The minimum absolute atomic E-state index is 0.348. The van der Waals surface area contributed by atoms with E-state index in [1.807, 2.05) is 0 Å². The highest BCUT2D eigenvalue weighted by Gasteiger charge is 2.44. The van der Waals surface area contributed by atoms with Crippen LogP contribution in [0.3, 0.4) is 0 Å². The summed E-state index contributed by atoms with van der Waals surface area (Å²) in [7, 11) is 4.54. The van der Waals surface area contributed by atoms with E-state index in [2.05, 4.69) is 76.2 Å². The van der Waals surface area contributed by atoms with E-state index < -0.39 is 0 Å². The Kier molecular flexibility index (Phi) is 8.19. The topological polar surface area (TPSA) is 3.24 Å². The van der Waals surface area contributed by atoms with Crippen molar-refractivity contribution >= 4 is 22.6 Å². The number of unbranched alkanes of at least 4 members (excludes halogenated alkanes) is 1. The molecule has 0 N–H and O–H groups in total. The van der Waals surface area contributed by atoms with Crippen LogP contribution >= 0.6 is 22.6 Å². The molecule has 0 heterocycles. The van der Waals surface area contributed by atoms with E-state index in [0.29, 0.717) is 11.0 Å². The number of hydrogen-bond donors (Lipinski definition) is 0. The summed E-state index contributed by atoms with van der Waals surface area (Å²) in [6, 6.07) is 0. The summed E-state index contributed by atoms with van der Waals surface area (Å²) < 4.78 is 0.816. The smallest absolute Gasteiger partial charge is 0.0210 e. The molecule has 1 fully saturated rings. The van der Waals surface area contributed by atoms with Gasteiger partial charge in [-0.3, -0.25) is 0 Å². The van der Waals surface area contributed by atoms with Crippen LogP contribution in [-0.2, 0) is 0 Å². The molecule has 1 nitrogen and oxygen atoms in total. The fourth-order valence-corrected chi connectivity index (χ4v) is 5.28. The molecule has 0 aromatic carbocycles. The maximum atomic E-state index is 2.71. The number of alkyl halides is 1. The van der Waals surface area contributed by atoms with Gasteiger partial charge < -0.3 is 4.90 Å². The van der Waals surface area contributed by atoms with Gasteiger partial charge in [-0.25, -0.2) is 0 Å². The van der Waals surface area contributed by atoms with Crippen LogP contribution in [0.25, 0.3) is 0 Å². The zero-order valence-corrected chi connectivity index (χ0v) is 18.4. The van der Waals surface area contributed by atoms with E-state index in [1.54, 1.807) is 0 Å². The summed E-state index contributed by atoms with van der Waals surface area (Å²) in [5.74, 6) is 1.80. The normalized spacial score (nSPS) is 25.8. The second-order valence-corrected chi connectivity index (χ2v) is 10.7. The first-order valence-corrected chi connectivity index (χ1v) is 10.7. The number of halogens is 1. The quantitative estimate of drug-likeness (QED) is 0.208. The van der Waals surface area contributed by atoms with E-state index in [1.165, 1.54) is 51.4 Å². The van der Waals surface area contributed by atoms with Crippen LogP contribution in [0.1, 0.15) is 86.0 Å². The van der Waals surface area contributed by atoms with Crippen LogP contribution in [0.4, 0.5) is 0 Å². The summed E-state index contributed by atoms with van der Waals surface area (Å²) >= 11 is 2.71. The highest BCUT2D eigenvalue weighted by molar-refractivity contribution is 14.1. The molecule has 0 amide bonds. The molecule has 0 aliphatic heterocycles. The average Bonchev–Trinajstić information content (AvgIpc) is 3.02. The summed E-state index contributed by atoms with van der Waals surface area (Å²) in [5.41, 5.74) is 1.02. The first-order chi connectivity index (χ1) is 10.1. The minimum Gasteiger partial charge on any atom is -0.304 e. The van der Waals surface area contributed by atoms with Crippen LogP contribution in [0.5, 0.6) is 0 Å². The van der Waals surface area contributed by atoms with Gasteiger partial charge in [-0.1, -0.05) is 69.5 Å². The standard InChI is InChI=1S/C20H40IN/c1-8-11-16(2)20(5,22(6)7)15-18(21)13-10-9-12-17-14-19(17,3)4/h16-18H,8-15H2,1-7H3/t16-,17+,18?,20-/m0/s1. The molecule has 22 heavy (non-hydrogen) atoms. The van der Waals surface area contributed by atoms with Gasteiger partial charge in [-0.05, 0) is 70.4 Å². The van der Waals surface area contributed by atoms with Gasteiger partial charge in [0, 0.05) is 9.46 Å². The molecular formula is C20H40IN. The first-order valence-electron chi connectivity index (χ1n) is 9.45. The minimum atomic E-state index is 0.348. The van der Waals surface area contributed by atoms with Gasteiger partial charge in [0.15, 0.2) is 0 Å². The molecule has 0 saturated heterocycles. The lowest BCUT2D eigenvalue weighted by atomic mass is 9.79. The highest BCUT2D eigenvalue weighted by atomic mass is 127. The van der Waals surface area contributed by atoms with E-state index in [4.69, 9.17) is 0 Å². The fraction of sp³-hybridized carbons (Fsp3) is 1.00. The lowest BCUT2D eigenvalue weighted by molar-refractivity contribution is 0.0893. The van der Waals surface area contributed by atoms with Crippen LogP contribution in [-0.4, -0.2) is 28.5 Å². The van der Waals surface area contributed by atoms with Gasteiger partial charge in [-0.15, -0.1) is 0 Å². The molecule has 132 valence electrons. The van der Waals surface area contributed by atoms with E-state index in [9.17, 15) is 0 Å². The number of nitrogens with zero attached hydrogens (tertiary/aromatic N) is 1. The first kappa shape index (κ1) is 20.7. The van der Waals surface area contributed by atoms with E-state index in [0.717, 1.165) is 15.8 Å². The summed E-state index contributed by atoms with van der Waals surface area (Å²) in [4.78, 5) is 2.48. The van der Waals surface area contributed by atoms with Crippen LogP contribution in [0, 0.1) is 17.3 Å². The van der Waals surface area contributed by atoms with Crippen molar-refractivity contribution < 1.29 is 0 Å². The molecule has 0 aromatic rings. The maximum absolute atomic E-state index is 2.71. The van der Waals surface area contributed by atoms with E-state index in [-0.39, 0.29) is 0 Å². The molecule has 1 aliphatic carbocycles. The molecule has 1 aliphatic rings. The predicted molar refractivity (Wildman–Crippen MR) is 109 cm³/mol. The number of hydrogen-bond acceptors (Lipinski definition) is 1. The lowest BCUT2D eigenvalue weighted by Gasteiger charge is -2.43. The third-order valence-corrected chi connectivity index (χ3v) is 7.54. The second-order valence-electron chi connectivity index (χ2n) is 8.92. The van der Waals surface area contributed by atoms with Gasteiger partial charge in [0.25, 0.3) is 0 Å². The zero-order valence-electron chi connectivity index (χ0n) is 16.2. The molecule has 0 bridgehead atoms. The zero-order chi connectivity index (χ0) is 17.0. The number of rotatable bonds is 11. The third kappa shape index (κ3) is 5.96. The highest BCUT2D eigenvalue weighted by Crippen LogP contribution is 2.54. The van der Waals surface area contributed by atoms with Crippen LogP contribution in [0.15, 0.2) is 0 Å². The van der Waals surface area contributed by atoms with Gasteiger partial charge in [0.1, 0.15) is 0 Å². The molecule has 1 unspecified atom stereocenters. The monoisotopic (exact) mass is 421 g/mol. The summed E-state index contributed by atoms with van der Waals surface area (Å²) in [5, 5.41) is 0. The molecule has 0 radical (unpaired) electrons. The Hall–Kier alpha value is 0.690. The van der Waals surface area contributed by atoms with Crippen molar-refractivity contribution in [1.82, 2.24) is 4.90 Å². The largest absolute Gasteiger partial charge is 0.304 e. The van der Waals surface area contributed by atoms with Crippen molar-refractivity contribution in [1.29, 1.82) is 0 Å². The van der Waals surface area contributed by atoms with Gasteiger partial charge in [-0.2, -0.15) is 0 Å². The Labute approximate surface area is 154 Å². The lowest BCUT2D eigenvalue weighted by Crippen LogP contribution is -2.48. The molecule has 0 aromatic heterocycles. The Morgan fingerprint density at radius 3 is 2.27 bits per heavy atom.